The quantitative estimate of drug-likeness (QED) is 0.328. The summed E-state index contributed by atoms with van der Waals surface area (Å²) in [4.78, 5) is 19.2. The number of hydrogen-bond donors (Lipinski definition) is 2. The molecule has 0 unspecified atom stereocenters. The molecule has 2 aromatic rings. The summed E-state index contributed by atoms with van der Waals surface area (Å²) >= 11 is 28.8. The van der Waals surface area contributed by atoms with Gasteiger partial charge in [0.25, 0.3) is 7.59 Å². The van der Waals surface area contributed by atoms with E-state index >= 15 is 0 Å². The molecule has 0 atom stereocenters. The third-order valence-electron chi connectivity index (χ3n) is 1.60. The van der Waals surface area contributed by atoms with Gasteiger partial charge < -0.3 is 10.2 Å². The smallest absolute Gasteiger partial charge is 0.478 e. The summed E-state index contributed by atoms with van der Waals surface area (Å²) in [5, 5.41) is 15.7. The molecule has 4 nitrogen and oxygen atoms in total. The minimum Gasteiger partial charge on any atom is -0.478 e. The summed E-state index contributed by atoms with van der Waals surface area (Å²) in [7, 11) is 0. The van der Waals surface area contributed by atoms with Crippen molar-refractivity contribution >= 4 is 81.5 Å². The van der Waals surface area contributed by atoms with E-state index < -0.39 is 19.5 Å². The molecule has 0 heterocycles. The van der Waals surface area contributed by atoms with Crippen LogP contribution in [-0.4, -0.2) is 29.7 Å². The Labute approximate surface area is 194 Å². The Hall–Kier alpha value is 0.263. The molecule has 0 aliphatic rings. The number of aliphatic carboxylic acids is 2. The van der Waals surface area contributed by atoms with Crippen molar-refractivity contribution in [2.45, 2.75) is 7.59 Å². The molecule has 0 aliphatic carbocycles. The summed E-state index contributed by atoms with van der Waals surface area (Å²) in [5.74, 6) is -2.92. The first-order chi connectivity index (χ1) is 10.9. The van der Waals surface area contributed by atoms with Gasteiger partial charge >= 0.3 is 38.1 Å². The number of alkyl halides is 6. The Kier molecular flexibility index (Phi) is 19.7. The molecule has 0 saturated carbocycles. The molecule has 0 spiro atoms. The number of rotatable bonds is 0. The van der Waals surface area contributed by atoms with E-state index in [4.69, 9.17) is 79.8 Å². The van der Waals surface area contributed by atoms with Crippen LogP contribution in [0.4, 0.5) is 0 Å². The second-order valence-electron chi connectivity index (χ2n) is 3.53. The molecule has 0 amide bonds. The number of halogens is 6. The molecule has 11 heteroatoms. The molecule has 2 aromatic carbocycles. The van der Waals surface area contributed by atoms with Crippen LogP contribution in [0.2, 0.25) is 0 Å². The Morgan fingerprint density at radius 3 is 0.840 bits per heavy atom. The molecule has 0 aliphatic heterocycles. The summed E-state index contributed by atoms with van der Waals surface area (Å²) in [6, 6.07) is 20.0. The molecular weight excluding hydrogens is 536 g/mol. The van der Waals surface area contributed by atoms with Crippen molar-refractivity contribution < 1.29 is 46.0 Å². The average Bonchev–Trinajstić information content (AvgIpc) is 3.16. The van der Waals surface area contributed by atoms with Crippen LogP contribution >= 0.6 is 69.6 Å². The fraction of sp³-hybridized carbons (Fsp3) is 0.143. The molecule has 0 saturated heterocycles. The molecule has 138 valence electrons. The number of hydrogen-bond acceptors (Lipinski definition) is 2. The van der Waals surface area contributed by atoms with Crippen LogP contribution in [0, 0.1) is 0 Å². The maximum absolute atomic E-state index is 9.62. The van der Waals surface area contributed by atoms with E-state index in [2.05, 4.69) is 0 Å². The first-order valence-electron chi connectivity index (χ1n) is 5.82. The molecular formula is C14H12Cl6O4Zr. The van der Waals surface area contributed by atoms with Crippen LogP contribution < -0.4 is 0 Å². The zero-order valence-electron chi connectivity index (χ0n) is 12.3. The van der Waals surface area contributed by atoms with E-state index in [1.165, 1.54) is 0 Å². The van der Waals surface area contributed by atoms with Crippen molar-refractivity contribution in [3.05, 3.63) is 60.7 Å². The molecule has 0 fully saturated rings. The van der Waals surface area contributed by atoms with Crippen LogP contribution in [0.1, 0.15) is 0 Å². The molecule has 25 heavy (non-hydrogen) atoms. The van der Waals surface area contributed by atoms with Crippen molar-refractivity contribution in [2.75, 3.05) is 0 Å². The van der Waals surface area contributed by atoms with Crippen molar-refractivity contribution in [2.24, 2.45) is 0 Å². The van der Waals surface area contributed by atoms with E-state index in [9.17, 15) is 9.59 Å². The Morgan fingerprint density at radius 1 is 0.640 bits per heavy atom. The average molecular weight is 548 g/mol. The first-order valence-corrected chi connectivity index (χ1v) is 8.09. The van der Waals surface area contributed by atoms with E-state index in [1.807, 2.05) is 60.7 Å². The first kappa shape index (κ1) is 30.0. The largest absolute Gasteiger partial charge is 2.00 e. The molecule has 0 bridgehead atoms. The second-order valence-corrected chi connectivity index (χ2v) is 8.09. The van der Waals surface area contributed by atoms with Gasteiger partial charge in [-0.3, -0.25) is 0 Å². The minimum absolute atomic E-state index is 0. The van der Waals surface area contributed by atoms with Crippen molar-refractivity contribution in [1.29, 1.82) is 0 Å². The number of carboxylic acids is 2. The maximum atomic E-state index is 9.62. The van der Waals surface area contributed by atoms with Gasteiger partial charge in [0.2, 0.25) is 0 Å². The number of carboxylic acid groups (broad SMARTS) is 2. The van der Waals surface area contributed by atoms with Gasteiger partial charge in [-0.2, -0.15) is 36.4 Å². The predicted octanol–water partition coefficient (Wildman–Crippen LogP) is 5.69. The normalized spacial score (nSPS) is 9.52. The maximum Gasteiger partial charge on any atom is 2.00 e. The Bertz CT molecular complexity index is 448. The van der Waals surface area contributed by atoms with Gasteiger partial charge in [0.1, 0.15) is 0 Å². The number of carbonyl (C=O) groups is 2. The molecule has 2 rings (SSSR count). The third-order valence-corrected chi connectivity index (χ3v) is 2.57. The fourth-order valence-electron chi connectivity index (χ4n) is 0.642. The second kappa shape index (κ2) is 16.4. The van der Waals surface area contributed by atoms with Gasteiger partial charge in [-0.1, -0.05) is 69.6 Å². The fourth-order valence-corrected chi connectivity index (χ4v) is 0.642. The van der Waals surface area contributed by atoms with E-state index in [0.717, 1.165) is 0 Å². The van der Waals surface area contributed by atoms with Gasteiger partial charge in [-0.15, -0.1) is 0 Å². The van der Waals surface area contributed by atoms with E-state index in [0.29, 0.717) is 0 Å². The summed E-state index contributed by atoms with van der Waals surface area (Å²) < 4.78 is -4.33. The van der Waals surface area contributed by atoms with Gasteiger partial charge in [0, 0.05) is 0 Å². The topological polar surface area (TPSA) is 74.6 Å². The Balaban J connectivity index is -0.000000257. The monoisotopic (exact) mass is 544 g/mol. The standard InChI is InChI=1S/2C5H5.2C2HCl3O2.Zr/c2*1-2-4-5-3-1;2*3-2(4,5)1(6)7;/h2*1-5H;2*(H,6,7);/q2*-1;;;+2. The van der Waals surface area contributed by atoms with Crippen LogP contribution in [0.3, 0.4) is 0 Å². The van der Waals surface area contributed by atoms with Crippen LogP contribution in [-0.2, 0) is 35.8 Å². The van der Waals surface area contributed by atoms with Crippen molar-refractivity contribution in [3.8, 4) is 0 Å². The zero-order chi connectivity index (χ0) is 19.2. The van der Waals surface area contributed by atoms with Gasteiger partial charge in [0.05, 0.1) is 0 Å². The minimum atomic E-state index is -2.17. The SMILES string of the molecule is O=C(O)C(Cl)(Cl)Cl.O=C(O)C(Cl)(Cl)Cl.[Zr+2].c1cc[cH-]c1.c1cc[cH-]c1. The summed E-state index contributed by atoms with van der Waals surface area (Å²) in [6.45, 7) is 0. The van der Waals surface area contributed by atoms with Gasteiger partial charge in [0.15, 0.2) is 0 Å². The molecule has 0 radical (unpaired) electrons. The van der Waals surface area contributed by atoms with E-state index in [-0.39, 0.29) is 26.2 Å². The molecule has 2 N–H and O–H groups in total. The summed E-state index contributed by atoms with van der Waals surface area (Å²) in [6.07, 6.45) is 0. The molecule has 0 aromatic heterocycles. The summed E-state index contributed by atoms with van der Waals surface area (Å²) in [5.41, 5.74) is 0. The predicted molar refractivity (Wildman–Crippen MR) is 99.9 cm³/mol. The Morgan fingerprint density at radius 2 is 0.800 bits per heavy atom. The van der Waals surface area contributed by atoms with E-state index in [1.54, 1.807) is 0 Å². The van der Waals surface area contributed by atoms with Crippen LogP contribution in [0.5, 0.6) is 0 Å². The van der Waals surface area contributed by atoms with Gasteiger partial charge in [-0.05, 0) is 0 Å². The van der Waals surface area contributed by atoms with Crippen molar-refractivity contribution in [1.82, 2.24) is 0 Å². The van der Waals surface area contributed by atoms with Crippen LogP contribution in [0.15, 0.2) is 60.7 Å². The zero-order valence-corrected chi connectivity index (χ0v) is 19.2. The third kappa shape index (κ3) is 24.3. The van der Waals surface area contributed by atoms with Crippen LogP contribution in [0.25, 0.3) is 0 Å². The van der Waals surface area contributed by atoms with Crippen molar-refractivity contribution in [3.63, 3.8) is 0 Å². The van der Waals surface area contributed by atoms with Gasteiger partial charge in [-0.25, -0.2) is 33.9 Å².